The zero-order valence-corrected chi connectivity index (χ0v) is 19.0. The normalized spacial score (nSPS) is 15.8. The van der Waals surface area contributed by atoms with Crippen molar-refractivity contribution in [3.8, 4) is 11.5 Å². The molecule has 0 saturated carbocycles. The van der Waals surface area contributed by atoms with E-state index in [1.165, 1.54) is 11.8 Å². The molecular weight excluding hydrogens is 420 g/mol. The molecule has 1 saturated heterocycles. The molecule has 162 valence electrons. The summed E-state index contributed by atoms with van der Waals surface area (Å²) in [6, 6.07) is 21.6. The number of para-hydroxylation sites is 1. The van der Waals surface area contributed by atoms with Crippen molar-refractivity contribution in [2.45, 2.75) is 20.5 Å². The second-order valence-corrected chi connectivity index (χ2v) is 8.46. The largest absolute Gasteiger partial charge is 0.493 e. The van der Waals surface area contributed by atoms with Gasteiger partial charge in [0.2, 0.25) is 0 Å². The summed E-state index contributed by atoms with van der Waals surface area (Å²) in [5, 5.41) is 3.42. The van der Waals surface area contributed by atoms with Crippen LogP contribution < -0.4 is 14.8 Å². The standard InChI is InChI=1S/C26H24N2O3S/c1-17-12-13-18(2)21(14-17)27-26-28-25(29)23(32-26)15-20-10-7-11-22(30-3)24(20)31-16-19-8-5-4-6-9-19/h4-15H,16H2,1-3H3,(H,27,28,29). The van der Waals surface area contributed by atoms with E-state index in [4.69, 9.17) is 9.47 Å². The first kappa shape index (κ1) is 21.7. The Morgan fingerprint density at radius 1 is 1.03 bits per heavy atom. The number of aliphatic imine (C=N–C) groups is 1. The number of nitrogens with zero attached hydrogens (tertiary/aromatic N) is 1. The van der Waals surface area contributed by atoms with Gasteiger partial charge < -0.3 is 14.8 Å². The average Bonchev–Trinajstić information content (AvgIpc) is 3.14. The second kappa shape index (κ2) is 9.75. The minimum absolute atomic E-state index is 0.184. The third kappa shape index (κ3) is 5.03. The highest BCUT2D eigenvalue weighted by Gasteiger charge is 2.25. The Labute approximate surface area is 192 Å². The number of thioether (sulfide) groups is 1. The SMILES string of the molecule is COc1cccc(C=C2SC(=Nc3cc(C)ccc3C)NC2=O)c1OCc1ccccc1. The van der Waals surface area contributed by atoms with Gasteiger partial charge in [-0.25, -0.2) is 4.99 Å². The maximum Gasteiger partial charge on any atom is 0.264 e. The van der Waals surface area contributed by atoms with E-state index in [1.807, 2.05) is 86.7 Å². The van der Waals surface area contributed by atoms with Crippen molar-refractivity contribution < 1.29 is 14.3 Å². The quantitative estimate of drug-likeness (QED) is 0.490. The highest BCUT2D eigenvalue weighted by Crippen LogP contribution is 2.36. The molecule has 0 spiro atoms. The number of hydrogen-bond acceptors (Lipinski definition) is 5. The van der Waals surface area contributed by atoms with E-state index in [9.17, 15) is 4.79 Å². The zero-order chi connectivity index (χ0) is 22.5. The third-order valence-corrected chi connectivity index (χ3v) is 5.89. The van der Waals surface area contributed by atoms with Gasteiger partial charge in [-0.15, -0.1) is 0 Å². The number of carbonyl (C=O) groups excluding carboxylic acids is 1. The van der Waals surface area contributed by atoms with Crippen molar-refractivity contribution >= 4 is 34.6 Å². The number of amides is 1. The van der Waals surface area contributed by atoms with Crippen LogP contribution >= 0.6 is 11.8 Å². The van der Waals surface area contributed by atoms with Crippen LogP contribution in [0.5, 0.6) is 11.5 Å². The highest BCUT2D eigenvalue weighted by atomic mass is 32.2. The van der Waals surface area contributed by atoms with E-state index in [0.29, 0.717) is 28.2 Å². The summed E-state index contributed by atoms with van der Waals surface area (Å²) in [7, 11) is 1.60. The van der Waals surface area contributed by atoms with Crippen LogP contribution in [0.2, 0.25) is 0 Å². The smallest absolute Gasteiger partial charge is 0.264 e. The Balaban J connectivity index is 1.61. The molecule has 6 heteroatoms. The summed E-state index contributed by atoms with van der Waals surface area (Å²) in [4.78, 5) is 17.8. The molecule has 0 aliphatic carbocycles. The molecule has 1 N–H and O–H groups in total. The summed E-state index contributed by atoms with van der Waals surface area (Å²) < 4.78 is 11.6. The Hall–Kier alpha value is -3.51. The summed E-state index contributed by atoms with van der Waals surface area (Å²) in [6.07, 6.45) is 1.81. The van der Waals surface area contributed by atoms with E-state index in [2.05, 4.69) is 10.3 Å². The van der Waals surface area contributed by atoms with E-state index >= 15 is 0 Å². The van der Waals surface area contributed by atoms with Crippen LogP contribution in [0.1, 0.15) is 22.3 Å². The van der Waals surface area contributed by atoms with E-state index in [-0.39, 0.29) is 5.91 Å². The monoisotopic (exact) mass is 444 g/mol. The fourth-order valence-electron chi connectivity index (χ4n) is 3.26. The van der Waals surface area contributed by atoms with E-state index in [0.717, 1.165) is 27.9 Å². The number of hydrogen-bond donors (Lipinski definition) is 1. The highest BCUT2D eigenvalue weighted by molar-refractivity contribution is 8.18. The Kier molecular flexibility index (Phi) is 6.61. The molecule has 4 rings (SSSR count). The number of rotatable bonds is 6. The molecule has 1 amide bonds. The van der Waals surface area contributed by atoms with Gasteiger partial charge in [0.1, 0.15) is 6.61 Å². The van der Waals surface area contributed by atoms with E-state index < -0.39 is 0 Å². The van der Waals surface area contributed by atoms with Gasteiger partial charge >= 0.3 is 0 Å². The number of amidine groups is 1. The van der Waals surface area contributed by atoms with Crippen LogP contribution in [0.25, 0.3) is 6.08 Å². The topological polar surface area (TPSA) is 59.9 Å². The van der Waals surface area contributed by atoms with Crippen LogP contribution in [0.4, 0.5) is 5.69 Å². The first-order valence-corrected chi connectivity index (χ1v) is 11.1. The number of nitrogens with one attached hydrogen (secondary N) is 1. The molecule has 3 aromatic rings. The number of methoxy groups -OCH3 is 1. The Bertz CT molecular complexity index is 1200. The fraction of sp³-hybridized carbons (Fsp3) is 0.154. The molecule has 0 unspecified atom stereocenters. The van der Waals surface area contributed by atoms with Gasteiger partial charge in [0.25, 0.3) is 5.91 Å². The molecule has 1 aliphatic heterocycles. The Morgan fingerprint density at radius 3 is 2.62 bits per heavy atom. The zero-order valence-electron chi connectivity index (χ0n) is 18.2. The van der Waals surface area contributed by atoms with Gasteiger partial charge in [0, 0.05) is 5.56 Å². The molecule has 0 atom stereocenters. The van der Waals surface area contributed by atoms with Crippen molar-refractivity contribution in [3.05, 3.63) is 93.9 Å². The maximum absolute atomic E-state index is 12.6. The molecule has 32 heavy (non-hydrogen) atoms. The molecule has 5 nitrogen and oxygen atoms in total. The molecule has 3 aromatic carbocycles. The van der Waals surface area contributed by atoms with Gasteiger partial charge in [-0.2, -0.15) is 0 Å². The average molecular weight is 445 g/mol. The molecule has 0 bridgehead atoms. The first-order valence-electron chi connectivity index (χ1n) is 10.2. The number of aryl methyl sites for hydroxylation is 2. The molecule has 1 heterocycles. The molecule has 0 aromatic heterocycles. The van der Waals surface area contributed by atoms with Crippen molar-refractivity contribution in [1.82, 2.24) is 5.32 Å². The summed E-state index contributed by atoms with van der Waals surface area (Å²) in [5.41, 5.74) is 4.84. The number of benzene rings is 3. The lowest BCUT2D eigenvalue weighted by molar-refractivity contribution is -0.115. The third-order valence-electron chi connectivity index (χ3n) is 4.98. The first-order chi connectivity index (χ1) is 15.5. The minimum Gasteiger partial charge on any atom is -0.493 e. The minimum atomic E-state index is -0.184. The lowest BCUT2D eigenvalue weighted by Gasteiger charge is -2.13. The lowest BCUT2D eigenvalue weighted by Crippen LogP contribution is -2.19. The van der Waals surface area contributed by atoms with Crippen LogP contribution in [0.15, 0.2) is 76.6 Å². The van der Waals surface area contributed by atoms with Crippen LogP contribution in [-0.2, 0) is 11.4 Å². The number of ether oxygens (including phenoxy) is 2. The number of carbonyl (C=O) groups is 1. The van der Waals surface area contributed by atoms with Crippen LogP contribution in [-0.4, -0.2) is 18.2 Å². The molecule has 0 radical (unpaired) electrons. The van der Waals surface area contributed by atoms with Gasteiger partial charge in [-0.3, -0.25) is 4.79 Å². The molecule has 1 aliphatic rings. The van der Waals surface area contributed by atoms with Crippen LogP contribution in [0, 0.1) is 13.8 Å². The maximum atomic E-state index is 12.6. The van der Waals surface area contributed by atoms with Crippen LogP contribution in [0.3, 0.4) is 0 Å². The predicted molar refractivity (Wildman–Crippen MR) is 130 cm³/mol. The second-order valence-electron chi connectivity index (χ2n) is 7.42. The summed E-state index contributed by atoms with van der Waals surface area (Å²) in [6.45, 7) is 4.42. The lowest BCUT2D eigenvalue weighted by atomic mass is 10.1. The molecular formula is C26H24N2O3S. The van der Waals surface area contributed by atoms with Gasteiger partial charge in [-0.1, -0.05) is 54.6 Å². The van der Waals surface area contributed by atoms with Crippen molar-refractivity contribution in [2.75, 3.05) is 7.11 Å². The summed E-state index contributed by atoms with van der Waals surface area (Å²) >= 11 is 1.31. The van der Waals surface area contributed by atoms with Gasteiger partial charge in [0.05, 0.1) is 17.7 Å². The fourth-order valence-corrected chi connectivity index (χ4v) is 4.09. The predicted octanol–water partition coefficient (Wildman–Crippen LogP) is 5.78. The van der Waals surface area contributed by atoms with Crippen molar-refractivity contribution in [1.29, 1.82) is 0 Å². The Morgan fingerprint density at radius 2 is 1.84 bits per heavy atom. The van der Waals surface area contributed by atoms with Gasteiger partial charge in [0.15, 0.2) is 16.7 Å². The van der Waals surface area contributed by atoms with E-state index in [1.54, 1.807) is 7.11 Å². The van der Waals surface area contributed by atoms with Crippen molar-refractivity contribution in [2.24, 2.45) is 4.99 Å². The van der Waals surface area contributed by atoms with Gasteiger partial charge in [-0.05, 0) is 60.5 Å². The molecule has 1 fully saturated rings. The summed E-state index contributed by atoms with van der Waals surface area (Å²) in [5.74, 6) is 1.03. The van der Waals surface area contributed by atoms with Crippen molar-refractivity contribution in [3.63, 3.8) is 0 Å².